The van der Waals surface area contributed by atoms with Gasteiger partial charge in [0.1, 0.15) is 5.82 Å². The fourth-order valence-corrected chi connectivity index (χ4v) is 2.93. The number of hydrogen-bond acceptors (Lipinski definition) is 2. The number of hydrogen-bond donors (Lipinski definition) is 1. The monoisotopic (exact) mass is 390 g/mol. The van der Waals surface area contributed by atoms with E-state index in [9.17, 15) is 17.6 Å². The van der Waals surface area contributed by atoms with Crippen LogP contribution < -0.4 is 5.32 Å². The molecule has 1 aliphatic rings. The van der Waals surface area contributed by atoms with Gasteiger partial charge >= 0.3 is 6.18 Å². The standard InChI is InChI=1S/C13H15BrF4N2.ClH/c14-11-2-1-9(15)7-10(11)12(8-13(16,17)18)20-5-3-19-4-6-20;/h1-2,7,12,19H,3-6,8H2;1H/t12-;/m1./s1. The predicted octanol–water partition coefficient (Wildman–Crippen LogP) is 3.91. The van der Waals surface area contributed by atoms with Gasteiger partial charge in [-0.1, -0.05) is 15.9 Å². The second-order valence-electron chi connectivity index (χ2n) is 4.79. The second kappa shape index (κ2) is 7.76. The van der Waals surface area contributed by atoms with Crippen LogP contribution >= 0.6 is 28.3 Å². The molecule has 0 unspecified atom stereocenters. The molecular weight excluding hydrogens is 376 g/mol. The van der Waals surface area contributed by atoms with Gasteiger partial charge in [0.15, 0.2) is 0 Å². The van der Waals surface area contributed by atoms with E-state index in [2.05, 4.69) is 21.2 Å². The molecule has 1 aromatic carbocycles. The van der Waals surface area contributed by atoms with Crippen LogP contribution in [0.5, 0.6) is 0 Å². The lowest BCUT2D eigenvalue weighted by Gasteiger charge is -2.36. The maximum atomic E-state index is 13.4. The zero-order valence-corrected chi connectivity index (χ0v) is 13.5. The maximum absolute atomic E-state index is 13.4. The Morgan fingerprint density at radius 3 is 2.43 bits per heavy atom. The highest BCUT2D eigenvalue weighted by Crippen LogP contribution is 2.37. The van der Waals surface area contributed by atoms with E-state index in [1.165, 1.54) is 18.2 Å². The zero-order chi connectivity index (χ0) is 14.8. The van der Waals surface area contributed by atoms with Gasteiger partial charge < -0.3 is 5.32 Å². The summed E-state index contributed by atoms with van der Waals surface area (Å²) in [5, 5.41) is 3.10. The van der Waals surface area contributed by atoms with Crippen molar-refractivity contribution in [2.45, 2.75) is 18.6 Å². The molecule has 0 aromatic heterocycles. The summed E-state index contributed by atoms with van der Waals surface area (Å²) in [5.74, 6) is -0.523. The zero-order valence-electron chi connectivity index (χ0n) is 11.1. The number of rotatable bonds is 3. The molecule has 1 N–H and O–H groups in total. The average Bonchev–Trinajstić information content (AvgIpc) is 2.39. The van der Waals surface area contributed by atoms with Crippen LogP contribution in [0.2, 0.25) is 0 Å². The Kier molecular flexibility index (Phi) is 6.90. The van der Waals surface area contributed by atoms with Crippen molar-refractivity contribution in [1.29, 1.82) is 0 Å². The fraction of sp³-hybridized carbons (Fsp3) is 0.538. The molecule has 21 heavy (non-hydrogen) atoms. The van der Waals surface area contributed by atoms with Crippen molar-refractivity contribution in [2.75, 3.05) is 26.2 Å². The highest BCUT2D eigenvalue weighted by molar-refractivity contribution is 9.10. The lowest BCUT2D eigenvalue weighted by Crippen LogP contribution is -2.46. The number of benzene rings is 1. The van der Waals surface area contributed by atoms with Gasteiger partial charge in [0.05, 0.1) is 6.42 Å². The van der Waals surface area contributed by atoms with Crippen LogP contribution in [0.4, 0.5) is 17.6 Å². The average molecular weight is 392 g/mol. The summed E-state index contributed by atoms with van der Waals surface area (Å²) in [6.45, 7) is 2.32. The van der Waals surface area contributed by atoms with E-state index in [0.717, 1.165) is 0 Å². The van der Waals surface area contributed by atoms with Crippen LogP contribution in [-0.4, -0.2) is 37.3 Å². The van der Waals surface area contributed by atoms with Crippen LogP contribution in [-0.2, 0) is 0 Å². The first-order valence-electron chi connectivity index (χ1n) is 6.33. The normalized spacial score (nSPS) is 18.1. The molecule has 0 saturated carbocycles. The molecule has 2 nitrogen and oxygen atoms in total. The molecule has 8 heteroatoms. The molecule has 0 spiro atoms. The summed E-state index contributed by atoms with van der Waals surface area (Å²) in [6, 6.07) is 3.01. The Morgan fingerprint density at radius 2 is 1.86 bits per heavy atom. The SMILES string of the molecule is Cl.Fc1ccc(Br)c([C@@H](CC(F)(F)F)N2CCNCC2)c1. The summed E-state index contributed by atoms with van der Waals surface area (Å²) in [7, 11) is 0. The van der Waals surface area contributed by atoms with Crippen LogP contribution in [0.15, 0.2) is 22.7 Å². The summed E-state index contributed by atoms with van der Waals surface area (Å²) >= 11 is 3.23. The van der Waals surface area contributed by atoms with Crippen LogP contribution in [0, 0.1) is 5.82 Å². The second-order valence-corrected chi connectivity index (χ2v) is 5.64. The molecule has 0 bridgehead atoms. The lowest BCUT2D eigenvalue weighted by atomic mass is 10.0. The van der Waals surface area contributed by atoms with Gasteiger partial charge in [-0.05, 0) is 23.8 Å². The van der Waals surface area contributed by atoms with E-state index < -0.39 is 24.5 Å². The van der Waals surface area contributed by atoms with Crippen molar-refractivity contribution in [3.05, 3.63) is 34.1 Å². The van der Waals surface area contributed by atoms with Crippen LogP contribution in [0.1, 0.15) is 18.0 Å². The van der Waals surface area contributed by atoms with Crippen molar-refractivity contribution in [1.82, 2.24) is 10.2 Å². The van der Waals surface area contributed by atoms with Crippen molar-refractivity contribution >= 4 is 28.3 Å². The first-order chi connectivity index (χ1) is 9.37. The van der Waals surface area contributed by atoms with Gasteiger partial charge in [-0.2, -0.15) is 13.2 Å². The molecule has 1 atom stereocenters. The molecule has 1 fully saturated rings. The summed E-state index contributed by atoms with van der Waals surface area (Å²) in [5.41, 5.74) is 0.351. The quantitative estimate of drug-likeness (QED) is 0.786. The van der Waals surface area contributed by atoms with Gasteiger partial charge in [-0.3, -0.25) is 4.90 Å². The Labute approximate surface area is 135 Å². The largest absolute Gasteiger partial charge is 0.390 e. The van der Waals surface area contributed by atoms with E-state index in [4.69, 9.17) is 0 Å². The number of alkyl halides is 3. The summed E-state index contributed by atoms with van der Waals surface area (Å²) < 4.78 is 52.4. The van der Waals surface area contributed by atoms with E-state index >= 15 is 0 Å². The Morgan fingerprint density at radius 1 is 1.24 bits per heavy atom. The Bertz CT molecular complexity index is 464. The molecule has 1 saturated heterocycles. The third-order valence-corrected chi connectivity index (χ3v) is 4.06. The third-order valence-electron chi connectivity index (χ3n) is 3.33. The number of nitrogens with zero attached hydrogens (tertiary/aromatic N) is 1. The summed E-state index contributed by atoms with van der Waals surface area (Å²) in [4.78, 5) is 1.75. The first-order valence-corrected chi connectivity index (χ1v) is 7.12. The van der Waals surface area contributed by atoms with Gasteiger partial charge in [0.2, 0.25) is 0 Å². The molecular formula is C13H16BrClF4N2. The highest BCUT2D eigenvalue weighted by Gasteiger charge is 2.36. The van der Waals surface area contributed by atoms with Crippen molar-refractivity contribution in [2.24, 2.45) is 0 Å². The minimum absolute atomic E-state index is 0. The van der Waals surface area contributed by atoms with Crippen molar-refractivity contribution < 1.29 is 17.6 Å². The van der Waals surface area contributed by atoms with Crippen molar-refractivity contribution in [3.8, 4) is 0 Å². The first kappa shape index (κ1) is 18.7. The van der Waals surface area contributed by atoms with E-state index in [1.807, 2.05) is 0 Å². The minimum atomic E-state index is -4.29. The third kappa shape index (κ3) is 5.39. The smallest absolute Gasteiger partial charge is 0.314 e. The molecule has 0 amide bonds. The Balaban J connectivity index is 0.00000220. The van der Waals surface area contributed by atoms with Crippen LogP contribution in [0.25, 0.3) is 0 Å². The minimum Gasteiger partial charge on any atom is -0.314 e. The molecule has 0 aliphatic carbocycles. The number of nitrogens with one attached hydrogen (secondary N) is 1. The molecule has 2 rings (SSSR count). The van der Waals surface area contributed by atoms with E-state index in [-0.39, 0.29) is 12.4 Å². The van der Waals surface area contributed by atoms with Gasteiger partial charge in [-0.15, -0.1) is 12.4 Å². The van der Waals surface area contributed by atoms with Gasteiger partial charge in [0, 0.05) is 36.7 Å². The molecule has 0 radical (unpaired) electrons. The number of piperazine rings is 1. The highest BCUT2D eigenvalue weighted by atomic mass is 79.9. The summed E-state index contributed by atoms with van der Waals surface area (Å²) in [6.07, 6.45) is -5.27. The molecule has 1 aromatic rings. The maximum Gasteiger partial charge on any atom is 0.390 e. The van der Waals surface area contributed by atoms with E-state index in [0.29, 0.717) is 36.2 Å². The number of halogens is 6. The predicted molar refractivity (Wildman–Crippen MR) is 79.2 cm³/mol. The Hall–Kier alpha value is -0.370. The van der Waals surface area contributed by atoms with Gasteiger partial charge in [0.25, 0.3) is 0 Å². The molecule has 120 valence electrons. The van der Waals surface area contributed by atoms with E-state index in [1.54, 1.807) is 4.90 Å². The molecule has 1 aliphatic heterocycles. The van der Waals surface area contributed by atoms with Gasteiger partial charge in [-0.25, -0.2) is 4.39 Å². The van der Waals surface area contributed by atoms with Crippen LogP contribution in [0.3, 0.4) is 0 Å². The van der Waals surface area contributed by atoms with Crippen molar-refractivity contribution in [3.63, 3.8) is 0 Å². The fourth-order valence-electron chi connectivity index (χ4n) is 2.42. The lowest BCUT2D eigenvalue weighted by molar-refractivity contribution is -0.148. The topological polar surface area (TPSA) is 15.3 Å². The molecule has 1 heterocycles.